The van der Waals surface area contributed by atoms with Crippen LogP contribution in [-0.2, 0) is 14.3 Å². The molecule has 0 fully saturated rings. The summed E-state index contributed by atoms with van der Waals surface area (Å²) in [5, 5.41) is 3.29. The summed E-state index contributed by atoms with van der Waals surface area (Å²) in [6.07, 6.45) is 2.11. The number of dihydropyridines is 1. The zero-order chi connectivity index (χ0) is 19.6. The van der Waals surface area contributed by atoms with Crippen LogP contribution in [0, 0.1) is 0 Å². The predicted octanol–water partition coefficient (Wildman–Crippen LogP) is 4.00. The van der Waals surface area contributed by atoms with E-state index in [1.807, 2.05) is 45.0 Å². The quantitative estimate of drug-likeness (QED) is 0.795. The molecule has 0 radical (unpaired) electrons. The van der Waals surface area contributed by atoms with Crippen LogP contribution in [-0.4, -0.2) is 24.5 Å². The molecular formula is C22H27NO4. The van der Waals surface area contributed by atoms with Gasteiger partial charge in [-0.15, -0.1) is 0 Å². The Labute approximate surface area is 160 Å². The zero-order valence-electron chi connectivity index (χ0n) is 16.4. The highest BCUT2D eigenvalue weighted by Crippen LogP contribution is 2.45. The summed E-state index contributed by atoms with van der Waals surface area (Å²) < 4.78 is 11.3. The molecule has 1 aromatic carbocycles. The van der Waals surface area contributed by atoms with Gasteiger partial charge < -0.3 is 14.8 Å². The number of rotatable bonds is 5. The van der Waals surface area contributed by atoms with Crippen molar-refractivity contribution < 1.29 is 19.1 Å². The van der Waals surface area contributed by atoms with E-state index in [1.165, 1.54) is 0 Å². The minimum Gasteiger partial charge on any atom is -0.491 e. The molecule has 3 rings (SSSR count). The van der Waals surface area contributed by atoms with Gasteiger partial charge in [-0.05, 0) is 46.6 Å². The SMILES string of the molecule is CCOC(=O)C1=C(C)NC2=C(C(=O)CCC2)C1c1ccccc1OC(C)C. The minimum absolute atomic E-state index is 0.0144. The van der Waals surface area contributed by atoms with Crippen LogP contribution in [0.5, 0.6) is 5.75 Å². The normalized spacial score (nSPS) is 19.7. The van der Waals surface area contributed by atoms with Crippen molar-refractivity contribution in [2.75, 3.05) is 6.61 Å². The topological polar surface area (TPSA) is 64.6 Å². The van der Waals surface area contributed by atoms with Crippen molar-refractivity contribution in [2.24, 2.45) is 0 Å². The van der Waals surface area contributed by atoms with Gasteiger partial charge in [0, 0.05) is 29.0 Å². The van der Waals surface area contributed by atoms with Gasteiger partial charge in [0.2, 0.25) is 0 Å². The van der Waals surface area contributed by atoms with Gasteiger partial charge in [0.05, 0.1) is 24.2 Å². The van der Waals surface area contributed by atoms with E-state index in [9.17, 15) is 9.59 Å². The fraction of sp³-hybridized carbons (Fsp3) is 0.455. The van der Waals surface area contributed by atoms with Gasteiger partial charge in [-0.2, -0.15) is 0 Å². The first-order valence-electron chi connectivity index (χ1n) is 9.60. The number of benzene rings is 1. The summed E-state index contributed by atoms with van der Waals surface area (Å²) in [6, 6.07) is 7.65. The molecule has 1 heterocycles. The maximum atomic E-state index is 12.9. The number of carbonyl (C=O) groups is 2. The Bertz CT molecular complexity index is 819. The molecule has 1 unspecified atom stereocenters. The lowest BCUT2D eigenvalue weighted by Gasteiger charge is -2.34. The third-order valence-corrected chi connectivity index (χ3v) is 4.86. The van der Waals surface area contributed by atoms with Gasteiger partial charge in [-0.25, -0.2) is 4.79 Å². The van der Waals surface area contributed by atoms with Crippen molar-refractivity contribution in [1.29, 1.82) is 0 Å². The highest BCUT2D eigenvalue weighted by Gasteiger charge is 2.40. The number of hydrogen-bond acceptors (Lipinski definition) is 5. The standard InChI is InChI=1S/C22H27NO4/c1-5-26-22(25)19-14(4)23-16-10-8-11-17(24)21(16)20(19)15-9-6-7-12-18(15)27-13(2)3/h6-7,9,12-13,20,23H,5,8,10-11H2,1-4H3. The second-order valence-corrected chi connectivity index (χ2v) is 7.19. The Hall–Kier alpha value is -2.56. The average Bonchev–Trinajstić information content (AvgIpc) is 2.61. The summed E-state index contributed by atoms with van der Waals surface area (Å²) in [4.78, 5) is 25.7. The highest BCUT2D eigenvalue weighted by molar-refractivity contribution is 6.04. The summed E-state index contributed by atoms with van der Waals surface area (Å²) in [6.45, 7) is 7.86. The lowest BCUT2D eigenvalue weighted by molar-refractivity contribution is -0.138. The molecule has 5 heteroatoms. The molecule has 0 saturated heterocycles. The number of nitrogens with one attached hydrogen (secondary N) is 1. The van der Waals surface area contributed by atoms with E-state index >= 15 is 0 Å². The fourth-order valence-corrected chi connectivity index (χ4v) is 3.85. The van der Waals surface area contributed by atoms with Gasteiger partial charge in [0.1, 0.15) is 5.75 Å². The van der Waals surface area contributed by atoms with Gasteiger partial charge >= 0.3 is 5.97 Å². The van der Waals surface area contributed by atoms with Crippen molar-refractivity contribution in [2.45, 2.75) is 59.0 Å². The number of esters is 1. The molecule has 1 aromatic rings. The first-order chi connectivity index (χ1) is 12.9. The van der Waals surface area contributed by atoms with Crippen LogP contribution in [0.4, 0.5) is 0 Å². The molecule has 1 aliphatic carbocycles. The summed E-state index contributed by atoms with van der Waals surface area (Å²) in [7, 11) is 0. The van der Waals surface area contributed by atoms with E-state index in [0.29, 0.717) is 23.3 Å². The number of hydrogen-bond donors (Lipinski definition) is 1. The molecule has 27 heavy (non-hydrogen) atoms. The molecule has 0 spiro atoms. The first-order valence-corrected chi connectivity index (χ1v) is 9.60. The number of ether oxygens (including phenoxy) is 2. The van der Waals surface area contributed by atoms with Crippen molar-refractivity contribution in [1.82, 2.24) is 5.32 Å². The molecule has 0 bridgehead atoms. The molecule has 5 nitrogen and oxygen atoms in total. The average molecular weight is 369 g/mol. The molecule has 1 aliphatic heterocycles. The van der Waals surface area contributed by atoms with Gasteiger partial charge in [0.15, 0.2) is 5.78 Å². The van der Waals surface area contributed by atoms with E-state index in [2.05, 4.69) is 5.32 Å². The molecule has 1 atom stereocenters. The molecule has 1 N–H and O–H groups in total. The number of ketones is 1. The highest BCUT2D eigenvalue weighted by atomic mass is 16.5. The first kappa shape index (κ1) is 19.2. The predicted molar refractivity (Wildman–Crippen MR) is 103 cm³/mol. The largest absolute Gasteiger partial charge is 0.491 e. The van der Waals surface area contributed by atoms with Crippen LogP contribution < -0.4 is 10.1 Å². The van der Waals surface area contributed by atoms with Crippen LogP contribution in [0.3, 0.4) is 0 Å². The number of Topliss-reactive ketones (excluding diaryl/α,β-unsaturated/α-hetero) is 1. The smallest absolute Gasteiger partial charge is 0.336 e. The number of para-hydroxylation sites is 1. The van der Waals surface area contributed by atoms with Crippen LogP contribution in [0.2, 0.25) is 0 Å². The lowest BCUT2D eigenvalue weighted by atomic mass is 9.75. The van der Waals surface area contributed by atoms with Crippen molar-refractivity contribution in [3.8, 4) is 5.75 Å². The van der Waals surface area contributed by atoms with E-state index < -0.39 is 11.9 Å². The van der Waals surface area contributed by atoms with E-state index in [1.54, 1.807) is 6.92 Å². The van der Waals surface area contributed by atoms with Crippen LogP contribution >= 0.6 is 0 Å². The second-order valence-electron chi connectivity index (χ2n) is 7.19. The van der Waals surface area contributed by atoms with E-state index in [4.69, 9.17) is 9.47 Å². The maximum Gasteiger partial charge on any atom is 0.336 e. The molecule has 0 aromatic heterocycles. The van der Waals surface area contributed by atoms with Gasteiger partial charge in [-0.1, -0.05) is 18.2 Å². The number of allylic oxidation sites excluding steroid dienone is 3. The van der Waals surface area contributed by atoms with Gasteiger partial charge in [-0.3, -0.25) is 4.79 Å². The summed E-state index contributed by atoms with van der Waals surface area (Å²) in [5.41, 5.74) is 3.66. The minimum atomic E-state index is -0.469. The van der Waals surface area contributed by atoms with Crippen LogP contribution in [0.25, 0.3) is 0 Å². The zero-order valence-corrected chi connectivity index (χ0v) is 16.4. The maximum absolute atomic E-state index is 12.9. The third-order valence-electron chi connectivity index (χ3n) is 4.86. The van der Waals surface area contributed by atoms with Crippen molar-refractivity contribution >= 4 is 11.8 Å². The summed E-state index contributed by atoms with van der Waals surface area (Å²) >= 11 is 0. The molecule has 144 valence electrons. The van der Waals surface area contributed by atoms with E-state index in [-0.39, 0.29) is 18.5 Å². The Balaban J connectivity index is 2.19. The monoisotopic (exact) mass is 369 g/mol. The Morgan fingerprint density at radius 1 is 1.26 bits per heavy atom. The fourth-order valence-electron chi connectivity index (χ4n) is 3.85. The Morgan fingerprint density at radius 3 is 2.70 bits per heavy atom. The second kappa shape index (κ2) is 7.99. The summed E-state index contributed by atoms with van der Waals surface area (Å²) in [5.74, 6) is -0.0820. The molecule has 0 amide bonds. The van der Waals surface area contributed by atoms with Gasteiger partial charge in [0.25, 0.3) is 0 Å². The van der Waals surface area contributed by atoms with Crippen molar-refractivity contribution in [3.63, 3.8) is 0 Å². The Kier molecular flexibility index (Phi) is 5.68. The third kappa shape index (κ3) is 3.77. The molecule has 0 saturated carbocycles. The molecule has 2 aliphatic rings. The number of carbonyl (C=O) groups excluding carboxylic acids is 2. The lowest BCUT2D eigenvalue weighted by Crippen LogP contribution is -2.34. The van der Waals surface area contributed by atoms with E-state index in [0.717, 1.165) is 29.8 Å². The van der Waals surface area contributed by atoms with Crippen molar-refractivity contribution in [3.05, 3.63) is 52.4 Å². The van der Waals surface area contributed by atoms with Crippen LogP contribution in [0.15, 0.2) is 46.8 Å². The Morgan fingerprint density at radius 2 is 2.00 bits per heavy atom. The van der Waals surface area contributed by atoms with Crippen LogP contribution in [0.1, 0.15) is 58.4 Å². The molecular weight excluding hydrogens is 342 g/mol.